The maximum Gasteiger partial charge on any atom is 0.0159 e. The van der Waals surface area contributed by atoms with Gasteiger partial charge in [0.15, 0.2) is 0 Å². The number of fused-ring (bicyclic) bond motifs is 6. The summed E-state index contributed by atoms with van der Waals surface area (Å²) in [5.74, 6) is 2.77. The van der Waals surface area contributed by atoms with Crippen LogP contribution in [0.5, 0.6) is 0 Å². The summed E-state index contributed by atoms with van der Waals surface area (Å²) in [6, 6.07) is 0. The van der Waals surface area contributed by atoms with Crippen LogP contribution in [-0.2, 0) is 0 Å². The molecule has 0 unspecified atom stereocenters. The van der Waals surface area contributed by atoms with E-state index in [-0.39, 0.29) is 0 Å². The molecule has 0 aliphatic rings. The predicted molar refractivity (Wildman–Crippen MR) is 143 cm³/mol. The van der Waals surface area contributed by atoms with E-state index in [0.717, 1.165) is 0 Å². The second-order valence-corrected chi connectivity index (χ2v) is 13.4. The zero-order valence-electron chi connectivity index (χ0n) is 20.2. The molecule has 0 aliphatic heterocycles. The summed E-state index contributed by atoms with van der Waals surface area (Å²) in [4.78, 5) is 7.93. The summed E-state index contributed by atoms with van der Waals surface area (Å²) in [5.41, 5.74) is 0. The maximum atomic E-state index is 2.48. The van der Waals surface area contributed by atoms with Crippen LogP contribution < -0.4 is 0 Å². The molecule has 1 aromatic carbocycles. The molecule has 0 spiro atoms. The molecule has 4 aromatic rings. The molecule has 0 fully saturated rings. The number of rotatable bonds is 5. The van der Waals surface area contributed by atoms with Gasteiger partial charge in [-0.15, -0.1) is 34.0 Å². The standard InChI is InChI=1S/C27H36S3/c1-12(2)23-18-17(11-28-23)19-21(26(15(7)8)29-24(19)13(3)4)22-20(18)25(14(5)6)30-27(22)16(9)10/h11-16H,1-10H3. The fraction of sp³-hybridized carbons (Fsp3) is 0.556. The fourth-order valence-electron chi connectivity index (χ4n) is 4.81. The summed E-state index contributed by atoms with van der Waals surface area (Å²) in [6.45, 7) is 23.8. The van der Waals surface area contributed by atoms with Crippen LogP contribution in [0.4, 0.5) is 0 Å². The Hall–Kier alpha value is -0.900. The van der Waals surface area contributed by atoms with Crippen LogP contribution in [0, 0.1) is 0 Å². The van der Waals surface area contributed by atoms with Crippen molar-refractivity contribution in [2.75, 3.05) is 0 Å². The molecule has 0 saturated heterocycles. The van der Waals surface area contributed by atoms with Gasteiger partial charge in [-0.05, 0) is 35.0 Å². The minimum Gasteiger partial charge on any atom is -0.147 e. The Morgan fingerprint density at radius 2 is 0.733 bits per heavy atom. The van der Waals surface area contributed by atoms with Crippen molar-refractivity contribution >= 4 is 66.3 Å². The molecule has 0 nitrogen and oxygen atoms in total. The highest BCUT2D eigenvalue weighted by molar-refractivity contribution is 7.16. The molecule has 30 heavy (non-hydrogen) atoms. The van der Waals surface area contributed by atoms with Crippen LogP contribution in [0.25, 0.3) is 32.3 Å². The predicted octanol–water partition coefficient (Wildman–Crippen LogP) is 10.9. The molecule has 0 N–H and O–H groups in total. The highest BCUT2D eigenvalue weighted by Gasteiger charge is 2.29. The Morgan fingerprint density at radius 3 is 1.10 bits per heavy atom. The average Bonchev–Trinajstić information content (AvgIpc) is 3.33. The lowest BCUT2D eigenvalue weighted by molar-refractivity contribution is 0.890. The summed E-state index contributed by atoms with van der Waals surface area (Å²) < 4.78 is 0. The Morgan fingerprint density at radius 1 is 0.433 bits per heavy atom. The van der Waals surface area contributed by atoms with E-state index in [4.69, 9.17) is 0 Å². The second kappa shape index (κ2) is 7.90. The van der Waals surface area contributed by atoms with Gasteiger partial charge in [0.2, 0.25) is 0 Å². The van der Waals surface area contributed by atoms with E-state index in [9.17, 15) is 0 Å². The van der Waals surface area contributed by atoms with Crippen LogP contribution in [0.3, 0.4) is 0 Å². The molecule has 0 atom stereocenters. The molecule has 4 rings (SSSR count). The molecule has 3 heteroatoms. The zero-order chi connectivity index (χ0) is 22.1. The molecule has 3 heterocycles. The highest BCUT2D eigenvalue weighted by Crippen LogP contribution is 2.55. The zero-order valence-corrected chi connectivity index (χ0v) is 22.6. The summed E-state index contributed by atoms with van der Waals surface area (Å²) in [6.07, 6.45) is 0. The van der Waals surface area contributed by atoms with Crippen LogP contribution in [0.15, 0.2) is 5.38 Å². The van der Waals surface area contributed by atoms with E-state index in [1.807, 2.05) is 11.3 Å². The van der Waals surface area contributed by atoms with Gasteiger partial charge in [-0.25, -0.2) is 0 Å². The van der Waals surface area contributed by atoms with Crippen molar-refractivity contribution in [2.45, 2.75) is 98.8 Å². The second-order valence-electron chi connectivity index (χ2n) is 10.3. The van der Waals surface area contributed by atoms with Gasteiger partial charge in [-0.1, -0.05) is 69.2 Å². The third kappa shape index (κ3) is 3.19. The van der Waals surface area contributed by atoms with E-state index < -0.39 is 0 Å². The monoisotopic (exact) mass is 456 g/mol. The van der Waals surface area contributed by atoms with Gasteiger partial charge in [0.05, 0.1) is 0 Å². The lowest BCUT2D eigenvalue weighted by atomic mass is 9.89. The number of hydrogen-bond donors (Lipinski definition) is 0. The van der Waals surface area contributed by atoms with Gasteiger partial charge in [-0.2, -0.15) is 0 Å². The van der Waals surface area contributed by atoms with Crippen LogP contribution in [0.1, 0.15) is 123 Å². The molecule has 0 bridgehead atoms. The molecular formula is C27H36S3. The number of hydrogen-bond acceptors (Lipinski definition) is 3. The Kier molecular flexibility index (Phi) is 5.87. The van der Waals surface area contributed by atoms with Crippen molar-refractivity contribution in [3.05, 3.63) is 29.8 Å². The smallest absolute Gasteiger partial charge is 0.0159 e. The minimum absolute atomic E-state index is 0.550. The van der Waals surface area contributed by atoms with Gasteiger partial charge in [0, 0.05) is 56.7 Å². The molecule has 0 radical (unpaired) electrons. The first kappa shape index (κ1) is 22.3. The van der Waals surface area contributed by atoms with Crippen molar-refractivity contribution < 1.29 is 0 Å². The summed E-state index contributed by atoms with van der Waals surface area (Å²) in [5, 5.41) is 11.9. The van der Waals surface area contributed by atoms with E-state index in [0.29, 0.717) is 29.6 Å². The Labute approximate surface area is 194 Å². The lowest BCUT2D eigenvalue weighted by Gasteiger charge is -2.13. The molecule has 0 saturated carbocycles. The highest BCUT2D eigenvalue weighted by atomic mass is 32.1. The van der Waals surface area contributed by atoms with Gasteiger partial charge in [0.1, 0.15) is 0 Å². The van der Waals surface area contributed by atoms with Crippen molar-refractivity contribution in [2.24, 2.45) is 0 Å². The van der Waals surface area contributed by atoms with Crippen molar-refractivity contribution in [3.63, 3.8) is 0 Å². The van der Waals surface area contributed by atoms with E-state index >= 15 is 0 Å². The first-order valence-electron chi connectivity index (χ1n) is 11.5. The Balaban J connectivity index is 2.42. The number of thiophene rings is 3. The lowest BCUT2D eigenvalue weighted by Crippen LogP contribution is -1.91. The summed E-state index contributed by atoms with van der Waals surface area (Å²) in [7, 11) is 0. The van der Waals surface area contributed by atoms with Crippen molar-refractivity contribution in [1.82, 2.24) is 0 Å². The molecule has 0 amide bonds. The first-order chi connectivity index (χ1) is 14.1. The van der Waals surface area contributed by atoms with E-state index in [1.54, 1.807) is 51.3 Å². The molecule has 0 aliphatic carbocycles. The molecule has 162 valence electrons. The number of benzene rings is 1. The van der Waals surface area contributed by atoms with Crippen molar-refractivity contribution in [1.29, 1.82) is 0 Å². The maximum absolute atomic E-state index is 2.48. The van der Waals surface area contributed by atoms with E-state index in [1.165, 1.54) is 5.39 Å². The quantitative estimate of drug-likeness (QED) is 0.280. The third-order valence-corrected chi connectivity index (χ3v) is 11.0. The average molecular weight is 457 g/mol. The van der Waals surface area contributed by atoms with E-state index in [2.05, 4.69) is 97.3 Å². The first-order valence-corrected chi connectivity index (χ1v) is 14.0. The third-order valence-electron chi connectivity index (χ3n) is 6.14. The SMILES string of the molecule is CC(C)c1sc(C(C)C)c2c1c1csc(C(C)C)c1c1c(C(C)C)sc(C(C)C)c21. The van der Waals surface area contributed by atoms with Gasteiger partial charge < -0.3 is 0 Å². The van der Waals surface area contributed by atoms with Gasteiger partial charge in [0.25, 0.3) is 0 Å². The van der Waals surface area contributed by atoms with Gasteiger partial charge in [-0.3, -0.25) is 0 Å². The molecule has 3 aromatic heterocycles. The van der Waals surface area contributed by atoms with Crippen LogP contribution in [-0.4, -0.2) is 0 Å². The minimum atomic E-state index is 0.550. The topological polar surface area (TPSA) is 0 Å². The largest absolute Gasteiger partial charge is 0.147 e. The normalized spacial score (nSPS) is 13.2. The molecular weight excluding hydrogens is 420 g/mol. The van der Waals surface area contributed by atoms with Crippen LogP contribution in [0.2, 0.25) is 0 Å². The van der Waals surface area contributed by atoms with Crippen molar-refractivity contribution in [3.8, 4) is 0 Å². The van der Waals surface area contributed by atoms with Crippen LogP contribution >= 0.6 is 34.0 Å². The summed E-state index contributed by atoms with van der Waals surface area (Å²) >= 11 is 6.16. The fourth-order valence-corrected chi connectivity index (χ4v) is 8.54. The Bertz CT molecular complexity index is 1180. The van der Waals surface area contributed by atoms with Gasteiger partial charge >= 0.3 is 0 Å².